The monoisotopic (exact) mass is 323 g/mol. The first-order valence-electron chi connectivity index (χ1n) is 6.97. The lowest BCUT2D eigenvalue weighted by Gasteiger charge is -2.20. The third-order valence-corrected chi connectivity index (χ3v) is 4.27. The standard InChI is InChI=1S/C15H21N3O3S/c1-12(2)7-8-18(22(3,20)21)11-15(19)17-14-6-4-5-13(9-14)10-16/h4-6,9,12H,7-8,11H2,1-3H3,(H,17,19). The van der Waals surface area contributed by atoms with E-state index >= 15 is 0 Å². The van der Waals surface area contributed by atoms with Crippen molar-refractivity contribution in [3.63, 3.8) is 0 Å². The number of hydrogen-bond acceptors (Lipinski definition) is 4. The molecule has 6 nitrogen and oxygen atoms in total. The minimum atomic E-state index is -3.44. The zero-order valence-corrected chi connectivity index (χ0v) is 13.9. The van der Waals surface area contributed by atoms with Gasteiger partial charge >= 0.3 is 0 Å². The molecule has 120 valence electrons. The molecule has 0 saturated heterocycles. The molecule has 0 aliphatic heterocycles. The molecule has 0 radical (unpaired) electrons. The van der Waals surface area contributed by atoms with Crippen LogP contribution in [0.2, 0.25) is 0 Å². The van der Waals surface area contributed by atoms with E-state index in [9.17, 15) is 13.2 Å². The summed E-state index contributed by atoms with van der Waals surface area (Å²) in [6.45, 7) is 4.06. The van der Waals surface area contributed by atoms with Crippen LogP contribution in [0.4, 0.5) is 5.69 Å². The summed E-state index contributed by atoms with van der Waals surface area (Å²) in [7, 11) is -3.44. The third-order valence-electron chi connectivity index (χ3n) is 3.02. The number of nitrogens with zero attached hydrogens (tertiary/aromatic N) is 2. The van der Waals surface area contributed by atoms with Crippen LogP contribution in [0.25, 0.3) is 0 Å². The molecule has 0 atom stereocenters. The van der Waals surface area contributed by atoms with E-state index in [-0.39, 0.29) is 6.54 Å². The van der Waals surface area contributed by atoms with Gasteiger partial charge in [-0.15, -0.1) is 0 Å². The summed E-state index contributed by atoms with van der Waals surface area (Å²) in [6, 6.07) is 8.45. The van der Waals surface area contributed by atoms with E-state index in [4.69, 9.17) is 5.26 Å². The van der Waals surface area contributed by atoms with Gasteiger partial charge in [-0.2, -0.15) is 9.57 Å². The van der Waals surface area contributed by atoms with Gasteiger partial charge in [-0.3, -0.25) is 4.79 Å². The molecule has 1 amide bonds. The Labute approximate surface area is 131 Å². The molecule has 7 heteroatoms. The number of nitriles is 1. The topological polar surface area (TPSA) is 90.3 Å². The van der Waals surface area contributed by atoms with Gasteiger partial charge in [0.2, 0.25) is 15.9 Å². The number of hydrogen-bond donors (Lipinski definition) is 1. The van der Waals surface area contributed by atoms with Crippen LogP contribution in [-0.4, -0.2) is 38.0 Å². The summed E-state index contributed by atoms with van der Waals surface area (Å²) in [5, 5.41) is 11.4. The average Bonchev–Trinajstić information content (AvgIpc) is 2.42. The SMILES string of the molecule is CC(C)CCN(CC(=O)Nc1cccc(C#N)c1)S(C)(=O)=O. The zero-order valence-electron chi connectivity index (χ0n) is 13.0. The quantitative estimate of drug-likeness (QED) is 0.828. The Bertz CT molecular complexity index is 663. The molecule has 0 fully saturated rings. The fourth-order valence-corrected chi connectivity index (χ4v) is 2.58. The van der Waals surface area contributed by atoms with Gasteiger partial charge in [0.25, 0.3) is 0 Å². The Kier molecular flexibility index (Phi) is 6.53. The molecule has 0 aromatic heterocycles. The lowest BCUT2D eigenvalue weighted by molar-refractivity contribution is -0.116. The van der Waals surface area contributed by atoms with E-state index < -0.39 is 15.9 Å². The highest BCUT2D eigenvalue weighted by molar-refractivity contribution is 7.88. The normalized spacial score (nSPS) is 11.5. The van der Waals surface area contributed by atoms with Crippen LogP contribution >= 0.6 is 0 Å². The van der Waals surface area contributed by atoms with Crippen LogP contribution in [0, 0.1) is 17.2 Å². The second-order valence-corrected chi connectivity index (χ2v) is 7.50. The minimum absolute atomic E-state index is 0.234. The van der Waals surface area contributed by atoms with E-state index in [0.29, 0.717) is 30.1 Å². The van der Waals surface area contributed by atoms with Crippen LogP contribution in [0.15, 0.2) is 24.3 Å². The zero-order chi connectivity index (χ0) is 16.8. The van der Waals surface area contributed by atoms with Crippen molar-refractivity contribution in [2.24, 2.45) is 5.92 Å². The lowest BCUT2D eigenvalue weighted by Crippen LogP contribution is -2.38. The highest BCUT2D eigenvalue weighted by atomic mass is 32.2. The van der Waals surface area contributed by atoms with E-state index in [1.165, 1.54) is 6.07 Å². The van der Waals surface area contributed by atoms with Gasteiger partial charge in [0.1, 0.15) is 0 Å². The van der Waals surface area contributed by atoms with E-state index in [0.717, 1.165) is 10.6 Å². The highest BCUT2D eigenvalue weighted by Gasteiger charge is 2.20. The molecule has 1 aromatic rings. The van der Waals surface area contributed by atoms with Crippen molar-refractivity contribution in [3.05, 3.63) is 29.8 Å². The van der Waals surface area contributed by atoms with Gasteiger partial charge in [-0.25, -0.2) is 8.42 Å². The maximum atomic E-state index is 12.0. The number of nitrogens with one attached hydrogen (secondary N) is 1. The third kappa shape index (κ3) is 6.24. The van der Waals surface area contributed by atoms with Crippen molar-refractivity contribution in [1.82, 2.24) is 4.31 Å². The van der Waals surface area contributed by atoms with E-state index in [1.54, 1.807) is 18.2 Å². The fraction of sp³-hybridized carbons (Fsp3) is 0.467. The van der Waals surface area contributed by atoms with Crippen molar-refractivity contribution < 1.29 is 13.2 Å². The molecule has 0 bridgehead atoms. The molecular weight excluding hydrogens is 302 g/mol. The van der Waals surface area contributed by atoms with Crippen molar-refractivity contribution in [3.8, 4) is 6.07 Å². The van der Waals surface area contributed by atoms with Crippen LogP contribution in [-0.2, 0) is 14.8 Å². The largest absolute Gasteiger partial charge is 0.325 e. The molecule has 0 aliphatic rings. The predicted octanol–water partition coefficient (Wildman–Crippen LogP) is 1.80. The Morgan fingerprint density at radius 3 is 2.64 bits per heavy atom. The molecule has 0 saturated carbocycles. The van der Waals surface area contributed by atoms with Crippen LogP contribution in [0.3, 0.4) is 0 Å². The van der Waals surface area contributed by atoms with Crippen molar-refractivity contribution in [2.45, 2.75) is 20.3 Å². The van der Waals surface area contributed by atoms with Crippen molar-refractivity contribution >= 4 is 21.6 Å². The van der Waals surface area contributed by atoms with Crippen LogP contribution in [0.1, 0.15) is 25.8 Å². The molecular formula is C15H21N3O3S. The Balaban J connectivity index is 2.72. The maximum absolute atomic E-state index is 12.0. The van der Waals surface area contributed by atoms with E-state index in [2.05, 4.69) is 5.32 Å². The van der Waals surface area contributed by atoms with Gasteiger partial charge in [-0.05, 0) is 30.5 Å². The second kappa shape index (κ2) is 7.92. The summed E-state index contributed by atoms with van der Waals surface area (Å²) >= 11 is 0. The van der Waals surface area contributed by atoms with Crippen LogP contribution in [0.5, 0.6) is 0 Å². The second-order valence-electron chi connectivity index (χ2n) is 5.52. The Hall–Kier alpha value is -1.91. The lowest BCUT2D eigenvalue weighted by atomic mass is 10.1. The molecule has 0 unspecified atom stereocenters. The summed E-state index contributed by atoms with van der Waals surface area (Å²) in [6.07, 6.45) is 1.78. The van der Waals surface area contributed by atoms with Gasteiger partial charge in [0.15, 0.2) is 0 Å². The van der Waals surface area contributed by atoms with E-state index in [1.807, 2.05) is 19.9 Å². The summed E-state index contributed by atoms with van der Waals surface area (Å²) in [5.41, 5.74) is 0.902. The molecule has 1 N–H and O–H groups in total. The number of benzene rings is 1. The van der Waals surface area contributed by atoms with Gasteiger partial charge < -0.3 is 5.32 Å². The first-order chi connectivity index (χ1) is 10.2. The van der Waals surface area contributed by atoms with Crippen LogP contribution < -0.4 is 5.32 Å². The smallest absolute Gasteiger partial charge is 0.239 e. The highest BCUT2D eigenvalue weighted by Crippen LogP contribution is 2.11. The molecule has 0 aliphatic carbocycles. The Morgan fingerprint density at radius 1 is 1.41 bits per heavy atom. The predicted molar refractivity (Wildman–Crippen MR) is 85.7 cm³/mol. The number of anilines is 1. The van der Waals surface area contributed by atoms with Gasteiger partial charge in [0, 0.05) is 12.2 Å². The fourth-order valence-electron chi connectivity index (χ4n) is 1.79. The molecule has 0 heterocycles. The minimum Gasteiger partial charge on any atom is -0.325 e. The Morgan fingerprint density at radius 2 is 2.09 bits per heavy atom. The molecule has 22 heavy (non-hydrogen) atoms. The number of rotatable bonds is 7. The average molecular weight is 323 g/mol. The van der Waals surface area contributed by atoms with Gasteiger partial charge in [0.05, 0.1) is 24.4 Å². The first-order valence-corrected chi connectivity index (χ1v) is 8.82. The molecule has 1 aromatic carbocycles. The molecule has 0 spiro atoms. The number of carbonyl (C=O) groups excluding carboxylic acids is 1. The number of carbonyl (C=O) groups is 1. The first kappa shape index (κ1) is 18.1. The van der Waals surface area contributed by atoms with Crippen molar-refractivity contribution in [1.29, 1.82) is 5.26 Å². The summed E-state index contributed by atoms with van der Waals surface area (Å²) in [5.74, 6) is -0.0797. The summed E-state index contributed by atoms with van der Waals surface area (Å²) in [4.78, 5) is 12.0. The molecule has 1 rings (SSSR count). The maximum Gasteiger partial charge on any atom is 0.239 e. The number of sulfonamides is 1. The summed E-state index contributed by atoms with van der Waals surface area (Å²) < 4.78 is 24.6. The van der Waals surface area contributed by atoms with Gasteiger partial charge in [-0.1, -0.05) is 19.9 Å². The number of amides is 1. The van der Waals surface area contributed by atoms with Crippen molar-refractivity contribution in [2.75, 3.05) is 24.7 Å².